The van der Waals surface area contributed by atoms with Crippen LogP contribution in [0.25, 0.3) is 0 Å². The minimum atomic E-state index is -0.394. The van der Waals surface area contributed by atoms with Crippen molar-refractivity contribution in [3.63, 3.8) is 0 Å². The van der Waals surface area contributed by atoms with E-state index >= 15 is 0 Å². The van der Waals surface area contributed by atoms with Gasteiger partial charge in [0.1, 0.15) is 5.75 Å². The molecule has 0 spiro atoms. The molecule has 0 aromatic heterocycles. The zero-order chi connectivity index (χ0) is 15.2. The van der Waals surface area contributed by atoms with E-state index in [1.807, 2.05) is 18.2 Å². The fraction of sp³-hybridized carbons (Fsp3) is 0.200. The molecule has 5 nitrogen and oxygen atoms in total. The maximum Gasteiger partial charge on any atom is 0.269 e. The average molecular weight is 351 g/mol. The molecule has 2 rings (SSSR count). The van der Waals surface area contributed by atoms with Gasteiger partial charge in [0.2, 0.25) is 0 Å². The average Bonchev–Trinajstić information content (AvgIpc) is 2.48. The SMILES string of the molecule is COc1ccc(Br)cc1NCCc1ccc([N+](=O)[O-])cc1. The van der Waals surface area contributed by atoms with Gasteiger partial charge in [-0.1, -0.05) is 28.1 Å². The summed E-state index contributed by atoms with van der Waals surface area (Å²) in [5, 5.41) is 13.9. The van der Waals surface area contributed by atoms with Crippen molar-refractivity contribution in [2.45, 2.75) is 6.42 Å². The third-order valence-electron chi connectivity index (χ3n) is 3.04. The smallest absolute Gasteiger partial charge is 0.269 e. The number of hydrogen-bond donors (Lipinski definition) is 1. The zero-order valence-corrected chi connectivity index (χ0v) is 13.1. The quantitative estimate of drug-likeness (QED) is 0.631. The topological polar surface area (TPSA) is 64.4 Å². The molecule has 0 aliphatic rings. The van der Waals surface area contributed by atoms with Crippen LogP contribution in [0.15, 0.2) is 46.9 Å². The highest BCUT2D eigenvalue weighted by atomic mass is 79.9. The third-order valence-corrected chi connectivity index (χ3v) is 3.53. The number of halogens is 1. The summed E-state index contributed by atoms with van der Waals surface area (Å²) in [4.78, 5) is 10.2. The number of nitro benzene ring substituents is 1. The molecule has 0 unspecified atom stereocenters. The first kappa shape index (κ1) is 15.3. The van der Waals surface area contributed by atoms with Gasteiger partial charge in [-0.3, -0.25) is 10.1 Å². The van der Waals surface area contributed by atoms with Gasteiger partial charge in [-0.05, 0) is 30.2 Å². The molecule has 0 heterocycles. The largest absolute Gasteiger partial charge is 0.495 e. The first-order valence-corrected chi connectivity index (χ1v) is 7.20. The Morgan fingerprint density at radius 1 is 1.24 bits per heavy atom. The fourth-order valence-corrected chi connectivity index (χ4v) is 2.31. The van der Waals surface area contributed by atoms with Crippen LogP contribution in [0.4, 0.5) is 11.4 Å². The number of benzene rings is 2. The molecule has 21 heavy (non-hydrogen) atoms. The normalized spacial score (nSPS) is 10.2. The number of nitrogens with one attached hydrogen (secondary N) is 1. The highest BCUT2D eigenvalue weighted by molar-refractivity contribution is 9.10. The fourth-order valence-electron chi connectivity index (χ4n) is 1.94. The van der Waals surface area contributed by atoms with E-state index in [2.05, 4.69) is 21.2 Å². The van der Waals surface area contributed by atoms with E-state index < -0.39 is 4.92 Å². The number of anilines is 1. The second-order valence-electron chi connectivity index (χ2n) is 4.44. The molecule has 0 fully saturated rings. The van der Waals surface area contributed by atoms with Gasteiger partial charge in [0, 0.05) is 23.2 Å². The predicted octanol–water partition coefficient (Wildman–Crippen LogP) is 4.02. The highest BCUT2D eigenvalue weighted by Crippen LogP contribution is 2.27. The summed E-state index contributed by atoms with van der Waals surface area (Å²) >= 11 is 3.42. The number of methoxy groups -OCH3 is 1. The van der Waals surface area contributed by atoms with E-state index in [0.717, 1.165) is 27.9 Å². The second kappa shape index (κ2) is 7.08. The lowest BCUT2D eigenvalue weighted by molar-refractivity contribution is -0.384. The van der Waals surface area contributed by atoms with Gasteiger partial charge < -0.3 is 10.1 Å². The Balaban J connectivity index is 1.95. The van der Waals surface area contributed by atoms with E-state index in [9.17, 15) is 10.1 Å². The van der Waals surface area contributed by atoms with Crippen LogP contribution in [0.5, 0.6) is 5.75 Å². The molecule has 6 heteroatoms. The van der Waals surface area contributed by atoms with Crippen LogP contribution in [0.1, 0.15) is 5.56 Å². The molecule has 0 saturated heterocycles. The van der Waals surface area contributed by atoms with E-state index in [1.165, 1.54) is 12.1 Å². The predicted molar refractivity (Wildman–Crippen MR) is 86.0 cm³/mol. The van der Waals surface area contributed by atoms with Gasteiger partial charge in [0.25, 0.3) is 5.69 Å². The lowest BCUT2D eigenvalue weighted by Gasteiger charge is -2.11. The summed E-state index contributed by atoms with van der Waals surface area (Å²) in [7, 11) is 1.63. The van der Waals surface area contributed by atoms with E-state index in [4.69, 9.17) is 4.74 Å². The molecule has 0 atom stereocenters. The first-order valence-electron chi connectivity index (χ1n) is 6.41. The van der Waals surface area contributed by atoms with Gasteiger partial charge in [0.05, 0.1) is 17.7 Å². The van der Waals surface area contributed by atoms with Crippen LogP contribution in [-0.2, 0) is 6.42 Å². The van der Waals surface area contributed by atoms with Crippen LogP contribution in [0, 0.1) is 10.1 Å². The summed E-state index contributed by atoms with van der Waals surface area (Å²) in [5.74, 6) is 0.780. The maximum atomic E-state index is 10.6. The van der Waals surface area contributed by atoms with Crippen molar-refractivity contribution in [1.82, 2.24) is 0 Å². The monoisotopic (exact) mass is 350 g/mol. The Hall–Kier alpha value is -2.08. The van der Waals surface area contributed by atoms with E-state index in [1.54, 1.807) is 19.2 Å². The Kier molecular flexibility index (Phi) is 5.16. The molecule has 0 bridgehead atoms. The molecule has 0 radical (unpaired) electrons. The summed E-state index contributed by atoms with van der Waals surface area (Å²) in [5.41, 5.74) is 2.07. The lowest BCUT2D eigenvalue weighted by Crippen LogP contribution is -2.06. The summed E-state index contributed by atoms with van der Waals surface area (Å²) in [6, 6.07) is 12.4. The summed E-state index contributed by atoms with van der Waals surface area (Å²) < 4.78 is 6.26. The molecule has 0 saturated carbocycles. The first-order chi connectivity index (χ1) is 10.1. The standard InChI is InChI=1S/C15H15BrN2O3/c1-21-15-7-4-12(16)10-14(15)17-9-8-11-2-5-13(6-3-11)18(19)20/h2-7,10,17H,8-9H2,1H3. The number of hydrogen-bond acceptors (Lipinski definition) is 4. The van der Waals surface area contributed by atoms with Crippen LogP contribution in [0.2, 0.25) is 0 Å². The molecule has 2 aromatic carbocycles. The molecular formula is C15H15BrN2O3. The van der Waals surface area contributed by atoms with E-state index in [0.29, 0.717) is 6.54 Å². The van der Waals surface area contributed by atoms with Gasteiger partial charge in [-0.25, -0.2) is 0 Å². The van der Waals surface area contributed by atoms with E-state index in [-0.39, 0.29) is 5.69 Å². The number of nitrogens with zero attached hydrogens (tertiary/aromatic N) is 1. The van der Waals surface area contributed by atoms with Crippen LogP contribution in [0.3, 0.4) is 0 Å². The van der Waals surface area contributed by atoms with Gasteiger partial charge in [-0.15, -0.1) is 0 Å². The maximum absolute atomic E-state index is 10.6. The molecule has 2 aromatic rings. The Morgan fingerprint density at radius 2 is 1.95 bits per heavy atom. The number of non-ortho nitro benzene ring substituents is 1. The van der Waals surface area contributed by atoms with Crippen molar-refractivity contribution in [3.05, 3.63) is 62.6 Å². The van der Waals surface area contributed by atoms with Crippen molar-refractivity contribution in [3.8, 4) is 5.75 Å². The lowest BCUT2D eigenvalue weighted by atomic mass is 10.1. The Bertz CT molecular complexity index is 629. The minimum absolute atomic E-state index is 0.111. The zero-order valence-electron chi connectivity index (χ0n) is 11.5. The highest BCUT2D eigenvalue weighted by Gasteiger charge is 2.05. The molecule has 110 valence electrons. The Morgan fingerprint density at radius 3 is 2.57 bits per heavy atom. The molecule has 0 aliphatic carbocycles. The van der Waals surface area contributed by atoms with Crippen molar-refractivity contribution in [2.75, 3.05) is 19.0 Å². The van der Waals surface area contributed by atoms with Crippen molar-refractivity contribution >= 4 is 27.3 Å². The molecule has 1 N–H and O–H groups in total. The van der Waals surface area contributed by atoms with Crippen molar-refractivity contribution in [1.29, 1.82) is 0 Å². The minimum Gasteiger partial charge on any atom is -0.495 e. The van der Waals surface area contributed by atoms with Gasteiger partial charge in [0.15, 0.2) is 0 Å². The number of rotatable bonds is 6. The van der Waals surface area contributed by atoms with Gasteiger partial charge in [-0.2, -0.15) is 0 Å². The van der Waals surface area contributed by atoms with Crippen LogP contribution >= 0.6 is 15.9 Å². The van der Waals surface area contributed by atoms with Gasteiger partial charge >= 0.3 is 0 Å². The Labute approximate surface area is 131 Å². The van der Waals surface area contributed by atoms with Crippen molar-refractivity contribution in [2.24, 2.45) is 0 Å². The molecular weight excluding hydrogens is 336 g/mol. The number of ether oxygens (including phenoxy) is 1. The second-order valence-corrected chi connectivity index (χ2v) is 5.36. The number of nitro groups is 1. The molecule has 0 amide bonds. The third kappa shape index (κ3) is 4.19. The van der Waals surface area contributed by atoms with Crippen LogP contribution < -0.4 is 10.1 Å². The summed E-state index contributed by atoms with van der Waals surface area (Å²) in [6.45, 7) is 0.713. The van der Waals surface area contributed by atoms with Crippen LogP contribution in [-0.4, -0.2) is 18.6 Å². The van der Waals surface area contributed by atoms with Crippen molar-refractivity contribution < 1.29 is 9.66 Å². The molecule has 0 aliphatic heterocycles. The summed E-state index contributed by atoms with van der Waals surface area (Å²) in [6.07, 6.45) is 0.771.